The molecule has 0 bridgehead atoms. The minimum Gasteiger partial charge on any atom is -0.467 e. The van der Waals surface area contributed by atoms with Crippen LogP contribution in [0, 0.1) is 6.92 Å². The monoisotopic (exact) mass is 329 g/mol. The van der Waals surface area contributed by atoms with Gasteiger partial charge in [0, 0.05) is 5.69 Å². The molecule has 0 spiro atoms. The Bertz CT molecular complexity index is 656. The number of halogens is 3. The highest BCUT2D eigenvalue weighted by Crippen LogP contribution is 2.48. The minimum atomic E-state index is -4.50. The Morgan fingerprint density at radius 1 is 1.39 bits per heavy atom. The van der Waals surface area contributed by atoms with E-state index in [9.17, 15) is 22.8 Å². The number of benzene rings is 1. The van der Waals surface area contributed by atoms with E-state index >= 15 is 0 Å². The van der Waals surface area contributed by atoms with Crippen molar-refractivity contribution in [2.75, 3.05) is 12.0 Å². The van der Waals surface area contributed by atoms with Crippen molar-refractivity contribution >= 4 is 17.6 Å². The van der Waals surface area contributed by atoms with Crippen molar-refractivity contribution in [3.8, 4) is 0 Å². The van der Waals surface area contributed by atoms with E-state index in [4.69, 9.17) is 0 Å². The summed E-state index contributed by atoms with van der Waals surface area (Å²) >= 11 is 0. The number of esters is 1. The molecule has 0 aliphatic carbocycles. The maximum atomic E-state index is 13.0. The predicted octanol–water partition coefficient (Wildman–Crippen LogP) is 3.11. The van der Waals surface area contributed by atoms with Crippen molar-refractivity contribution in [1.82, 2.24) is 0 Å². The Morgan fingerprint density at radius 3 is 2.52 bits per heavy atom. The predicted molar refractivity (Wildman–Crippen MR) is 78.2 cm³/mol. The van der Waals surface area contributed by atoms with E-state index in [1.165, 1.54) is 27.0 Å². The SMILES string of the molecule is COC(=O)[C@@H](C)N1C(=O)C(C)(CC(F)(F)F)c2ccc(C)cc21. The van der Waals surface area contributed by atoms with Gasteiger partial charge in [0.2, 0.25) is 5.91 Å². The average molecular weight is 329 g/mol. The second-order valence-corrected chi connectivity index (χ2v) is 6.02. The van der Waals surface area contributed by atoms with Crippen molar-refractivity contribution < 1.29 is 27.5 Å². The van der Waals surface area contributed by atoms with Gasteiger partial charge in [-0.2, -0.15) is 13.2 Å². The molecule has 1 heterocycles. The molecule has 1 aromatic carbocycles. The third-order valence-corrected chi connectivity index (χ3v) is 4.18. The molecule has 0 saturated heterocycles. The van der Waals surface area contributed by atoms with Crippen LogP contribution in [0.5, 0.6) is 0 Å². The quantitative estimate of drug-likeness (QED) is 0.801. The summed E-state index contributed by atoms with van der Waals surface area (Å²) in [6.45, 7) is 4.47. The molecular weight excluding hydrogens is 311 g/mol. The molecule has 0 saturated carbocycles. The van der Waals surface area contributed by atoms with Crippen molar-refractivity contribution in [2.24, 2.45) is 0 Å². The number of carbonyl (C=O) groups excluding carboxylic acids is 2. The Hall–Kier alpha value is -2.05. The van der Waals surface area contributed by atoms with E-state index in [0.29, 0.717) is 5.69 Å². The molecule has 0 fully saturated rings. The first-order chi connectivity index (χ1) is 10.5. The number of amides is 1. The van der Waals surface area contributed by atoms with Gasteiger partial charge in [-0.3, -0.25) is 9.69 Å². The zero-order valence-electron chi connectivity index (χ0n) is 13.3. The number of hydrogen-bond donors (Lipinski definition) is 0. The molecule has 4 nitrogen and oxygen atoms in total. The Morgan fingerprint density at radius 2 is 2.00 bits per heavy atom. The van der Waals surface area contributed by atoms with Crippen LogP contribution < -0.4 is 4.90 Å². The maximum absolute atomic E-state index is 13.0. The summed E-state index contributed by atoms with van der Waals surface area (Å²) in [5.74, 6) is -1.42. The van der Waals surface area contributed by atoms with E-state index in [1.807, 2.05) is 0 Å². The molecule has 1 amide bonds. The highest BCUT2D eigenvalue weighted by atomic mass is 19.4. The number of nitrogens with zero attached hydrogens (tertiary/aromatic N) is 1. The minimum absolute atomic E-state index is 0.279. The molecule has 0 N–H and O–H groups in total. The lowest BCUT2D eigenvalue weighted by molar-refractivity contribution is -0.155. The fourth-order valence-electron chi connectivity index (χ4n) is 3.03. The number of anilines is 1. The topological polar surface area (TPSA) is 46.6 Å². The number of ether oxygens (including phenoxy) is 1. The van der Waals surface area contributed by atoms with Gasteiger partial charge in [0.25, 0.3) is 0 Å². The van der Waals surface area contributed by atoms with Crippen molar-refractivity contribution in [3.05, 3.63) is 29.3 Å². The summed E-state index contributed by atoms with van der Waals surface area (Å²) in [5.41, 5.74) is -0.348. The zero-order valence-corrected chi connectivity index (χ0v) is 13.3. The number of aryl methyl sites for hydroxylation is 1. The van der Waals surface area contributed by atoms with Crippen LogP contribution in [0.3, 0.4) is 0 Å². The highest BCUT2D eigenvalue weighted by molar-refractivity contribution is 6.11. The molecule has 126 valence electrons. The van der Waals surface area contributed by atoms with Gasteiger partial charge in [0.05, 0.1) is 18.9 Å². The summed E-state index contributed by atoms with van der Waals surface area (Å²) < 4.78 is 43.6. The molecule has 7 heteroatoms. The van der Waals surface area contributed by atoms with Gasteiger partial charge in [-0.15, -0.1) is 0 Å². The van der Waals surface area contributed by atoms with Crippen LogP contribution in [-0.4, -0.2) is 31.2 Å². The van der Waals surface area contributed by atoms with Gasteiger partial charge < -0.3 is 4.74 Å². The summed E-state index contributed by atoms with van der Waals surface area (Å²) in [6.07, 6.45) is -5.78. The summed E-state index contributed by atoms with van der Waals surface area (Å²) in [5, 5.41) is 0. The Kier molecular flexibility index (Phi) is 4.17. The molecule has 0 radical (unpaired) electrons. The average Bonchev–Trinajstić information content (AvgIpc) is 2.63. The zero-order chi connectivity index (χ0) is 17.6. The molecule has 2 atom stereocenters. The molecule has 1 aliphatic heterocycles. The summed E-state index contributed by atoms with van der Waals surface area (Å²) in [4.78, 5) is 25.7. The third kappa shape index (κ3) is 2.92. The van der Waals surface area contributed by atoms with Crippen LogP contribution in [0.2, 0.25) is 0 Å². The molecule has 23 heavy (non-hydrogen) atoms. The first-order valence-corrected chi connectivity index (χ1v) is 7.10. The summed E-state index contributed by atoms with van der Waals surface area (Å²) in [7, 11) is 1.17. The molecular formula is C16H18F3NO3. The van der Waals surface area contributed by atoms with Crippen LogP contribution in [0.1, 0.15) is 31.4 Å². The fourth-order valence-corrected chi connectivity index (χ4v) is 3.03. The van der Waals surface area contributed by atoms with Crippen molar-refractivity contribution in [1.29, 1.82) is 0 Å². The summed E-state index contributed by atoms with van der Waals surface area (Å²) in [6, 6.07) is 3.81. The third-order valence-electron chi connectivity index (χ3n) is 4.18. The second-order valence-electron chi connectivity index (χ2n) is 6.02. The lowest BCUT2D eigenvalue weighted by Gasteiger charge is -2.27. The van der Waals surface area contributed by atoms with Crippen LogP contribution in [0.15, 0.2) is 18.2 Å². The van der Waals surface area contributed by atoms with Gasteiger partial charge in [-0.1, -0.05) is 12.1 Å². The van der Waals surface area contributed by atoms with Crippen molar-refractivity contribution in [2.45, 2.75) is 44.8 Å². The van der Waals surface area contributed by atoms with E-state index in [2.05, 4.69) is 4.74 Å². The van der Waals surface area contributed by atoms with Crippen LogP contribution in [0.4, 0.5) is 18.9 Å². The molecule has 2 rings (SSSR count). The molecule has 1 aliphatic rings. The van der Waals surface area contributed by atoms with Gasteiger partial charge in [0.1, 0.15) is 6.04 Å². The first kappa shape index (κ1) is 17.3. The van der Waals surface area contributed by atoms with Crippen LogP contribution in [-0.2, 0) is 19.7 Å². The van der Waals surface area contributed by atoms with Gasteiger partial charge in [-0.05, 0) is 38.0 Å². The van der Waals surface area contributed by atoms with Gasteiger partial charge in [0.15, 0.2) is 0 Å². The number of fused-ring (bicyclic) bond motifs is 1. The number of alkyl halides is 3. The maximum Gasteiger partial charge on any atom is 0.390 e. The fraction of sp³-hybridized carbons (Fsp3) is 0.500. The first-order valence-electron chi connectivity index (χ1n) is 7.10. The number of hydrogen-bond acceptors (Lipinski definition) is 3. The van der Waals surface area contributed by atoms with E-state index in [1.54, 1.807) is 19.1 Å². The van der Waals surface area contributed by atoms with E-state index in [-0.39, 0.29) is 5.56 Å². The largest absolute Gasteiger partial charge is 0.467 e. The number of carbonyl (C=O) groups is 2. The number of rotatable bonds is 3. The second kappa shape index (κ2) is 5.54. The standard InChI is InChI=1S/C16H18F3NO3/c1-9-5-6-11-12(7-9)20(10(2)13(21)23-4)14(22)15(11,3)8-16(17,18)19/h5-7,10H,8H2,1-4H3/t10-,15?/m1/s1. The Balaban J connectivity index is 2.59. The van der Waals surface area contributed by atoms with Gasteiger partial charge in [-0.25, -0.2) is 4.79 Å². The van der Waals surface area contributed by atoms with E-state index in [0.717, 1.165) is 10.5 Å². The van der Waals surface area contributed by atoms with Gasteiger partial charge >= 0.3 is 12.1 Å². The van der Waals surface area contributed by atoms with Crippen LogP contribution in [0.25, 0.3) is 0 Å². The smallest absolute Gasteiger partial charge is 0.390 e. The molecule has 1 unspecified atom stereocenters. The number of methoxy groups -OCH3 is 1. The van der Waals surface area contributed by atoms with E-state index < -0.39 is 35.9 Å². The molecule has 1 aromatic rings. The van der Waals surface area contributed by atoms with Crippen LogP contribution >= 0.6 is 0 Å². The lowest BCUT2D eigenvalue weighted by Crippen LogP contribution is -2.47. The molecule has 0 aromatic heterocycles. The normalized spacial score (nSPS) is 22.0. The highest BCUT2D eigenvalue weighted by Gasteiger charge is 2.54. The van der Waals surface area contributed by atoms with Crippen molar-refractivity contribution in [3.63, 3.8) is 0 Å². The lowest BCUT2D eigenvalue weighted by atomic mass is 9.80. The Labute approximate surface area is 132 Å².